The molecule has 6 nitrogen and oxygen atoms in total. The molecule has 0 saturated carbocycles. The van der Waals surface area contributed by atoms with Crippen molar-refractivity contribution in [1.29, 1.82) is 0 Å². The first-order valence-corrected chi connectivity index (χ1v) is 10.6. The van der Waals surface area contributed by atoms with Crippen molar-refractivity contribution in [1.82, 2.24) is 25.3 Å². The highest BCUT2D eigenvalue weighted by Gasteiger charge is 2.16. The smallest absolute Gasteiger partial charge is 0.191 e. The summed E-state index contributed by atoms with van der Waals surface area (Å²) in [6, 6.07) is 8.79. The molecule has 0 aliphatic rings. The maximum atomic E-state index is 4.39. The summed E-state index contributed by atoms with van der Waals surface area (Å²) >= 11 is 3.56. The Kier molecular flexibility index (Phi) is 11.8. The fourth-order valence-electron chi connectivity index (χ4n) is 3.22. The van der Waals surface area contributed by atoms with E-state index in [1.165, 1.54) is 11.1 Å². The van der Waals surface area contributed by atoms with Gasteiger partial charge in [0.2, 0.25) is 0 Å². The van der Waals surface area contributed by atoms with Gasteiger partial charge < -0.3 is 15.5 Å². The van der Waals surface area contributed by atoms with Crippen molar-refractivity contribution in [3.8, 4) is 0 Å². The summed E-state index contributed by atoms with van der Waals surface area (Å²) in [6.45, 7) is 3.90. The molecule has 29 heavy (non-hydrogen) atoms. The molecule has 0 saturated heterocycles. The zero-order chi connectivity index (χ0) is 20.5. The molecular formula is C21H34BrIN6. The lowest BCUT2D eigenvalue weighted by Crippen LogP contribution is -2.43. The lowest BCUT2D eigenvalue weighted by atomic mass is 9.97. The molecule has 162 valence electrons. The van der Waals surface area contributed by atoms with Crippen molar-refractivity contribution >= 4 is 45.9 Å². The van der Waals surface area contributed by atoms with Gasteiger partial charge in [0, 0.05) is 43.4 Å². The number of aryl methyl sites for hydroxylation is 1. The summed E-state index contributed by atoms with van der Waals surface area (Å²) in [5.74, 6) is 1.39. The zero-order valence-electron chi connectivity index (χ0n) is 18.0. The van der Waals surface area contributed by atoms with Crippen LogP contribution in [-0.2, 0) is 13.5 Å². The molecule has 1 heterocycles. The summed E-state index contributed by atoms with van der Waals surface area (Å²) in [5, 5.41) is 11.3. The predicted octanol–water partition coefficient (Wildman–Crippen LogP) is 3.84. The Morgan fingerprint density at radius 2 is 2.00 bits per heavy atom. The second-order valence-corrected chi connectivity index (χ2v) is 8.28. The Hall–Kier alpha value is -1.13. The van der Waals surface area contributed by atoms with Gasteiger partial charge in [-0.05, 0) is 44.1 Å². The van der Waals surface area contributed by atoms with Crippen LogP contribution in [0.15, 0.2) is 46.1 Å². The van der Waals surface area contributed by atoms with Gasteiger partial charge in [-0.15, -0.1) is 24.0 Å². The molecule has 2 unspecified atom stereocenters. The Balaban J connectivity index is 0.00000420. The summed E-state index contributed by atoms with van der Waals surface area (Å²) < 4.78 is 2.97. The first-order chi connectivity index (χ1) is 13.4. The molecule has 0 bridgehead atoms. The molecule has 2 aromatic rings. The molecule has 8 heteroatoms. The molecule has 0 aliphatic heterocycles. The lowest BCUT2D eigenvalue weighted by molar-refractivity contribution is 0.298. The fourth-order valence-corrected chi connectivity index (χ4v) is 3.67. The van der Waals surface area contributed by atoms with E-state index in [1.807, 2.05) is 25.0 Å². The normalized spacial score (nSPS) is 13.7. The number of hydrogen-bond acceptors (Lipinski definition) is 3. The highest BCUT2D eigenvalue weighted by Crippen LogP contribution is 2.17. The number of hydrogen-bond donors (Lipinski definition) is 2. The fraction of sp³-hybridized carbons (Fsp3) is 0.524. The van der Waals surface area contributed by atoms with Crippen molar-refractivity contribution in [2.75, 3.05) is 34.2 Å². The van der Waals surface area contributed by atoms with Crippen LogP contribution in [0.3, 0.4) is 0 Å². The Labute approximate surface area is 200 Å². The van der Waals surface area contributed by atoms with Crippen LogP contribution in [0, 0.1) is 5.92 Å². The average molecular weight is 577 g/mol. The van der Waals surface area contributed by atoms with Crippen molar-refractivity contribution < 1.29 is 0 Å². The molecule has 2 atom stereocenters. The number of nitrogens with one attached hydrogen (secondary N) is 2. The molecule has 2 rings (SSSR count). The third kappa shape index (κ3) is 8.64. The van der Waals surface area contributed by atoms with E-state index in [0.29, 0.717) is 5.92 Å². The van der Waals surface area contributed by atoms with E-state index in [4.69, 9.17) is 0 Å². The van der Waals surface area contributed by atoms with Gasteiger partial charge in [0.1, 0.15) is 0 Å². The van der Waals surface area contributed by atoms with Crippen LogP contribution in [0.25, 0.3) is 0 Å². The Bertz CT molecular complexity index is 761. The van der Waals surface area contributed by atoms with Crippen LogP contribution in [0.4, 0.5) is 0 Å². The van der Waals surface area contributed by atoms with Crippen molar-refractivity contribution in [3.05, 3.63) is 52.3 Å². The Morgan fingerprint density at radius 1 is 1.28 bits per heavy atom. The van der Waals surface area contributed by atoms with Crippen molar-refractivity contribution in [3.63, 3.8) is 0 Å². The maximum Gasteiger partial charge on any atom is 0.191 e. The number of likely N-dealkylation sites (N-methyl/N-ethyl adjacent to an activating group) is 1. The highest BCUT2D eigenvalue weighted by atomic mass is 127. The average Bonchev–Trinajstić information content (AvgIpc) is 3.09. The van der Waals surface area contributed by atoms with Gasteiger partial charge in [-0.1, -0.05) is 41.4 Å². The predicted molar refractivity (Wildman–Crippen MR) is 136 cm³/mol. The standard InChI is InChI=1S/C21H33BrN6.HI/c1-6-16(10-17-8-7-9-19(22)11-17)12-24-21(23-2)25-14-20(27(3)4)18-13-26-28(5)15-18;/h7-9,11,13,15-16,20H,6,10,12,14H2,1-5H3,(H2,23,24,25);1H. The number of benzene rings is 1. The molecule has 2 N–H and O–H groups in total. The summed E-state index contributed by atoms with van der Waals surface area (Å²) in [5.41, 5.74) is 2.55. The van der Waals surface area contributed by atoms with Gasteiger partial charge in [0.25, 0.3) is 0 Å². The van der Waals surface area contributed by atoms with Crippen LogP contribution >= 0.6 is 39.9 Å². The van der Waals surface area contributed by atoms with E-state index < -0.39 is 0 Å². The van der Waals surface area contributed by atoms with Crippen molar-refractivity contribution in [2.24, 2.45) is 18.0 Å². The maximum absolute atomic E-state index is 4.39. The molecule has 1 aromatic carbocycles. The molecule has 0 radical (unpaired) electrons. The third-order valence-corrected chi connectivity index (χ3v) is 5.46. The second-order valence-electron chi connectivity index (χ2n) is 7.37. The second kappa shape index (κ2) is 13.2. The molecule has 0 spiro atoms. The van der Waals surface area contributed by atoms with Gasteiger partial charge in [-0.25, -0.2) is 0 Å². The number of halogens is 2. The van der Waals surface area contributed by atoms with Crippen LogP contribution in [0.5, 0.6) is 0 Å². The number of aliphatic imine (C=N–C) groups is 1. The topological polar surface area (TPSA) is 57.5 Å². The van der Waals surface area contributed by atoms with E-state index in [1.54, 1.807) is 0 Å². The summed E-state index contributed by atoms with van der Waals surface area (Å²) in [4.78, 5) is 6.59. The first kappa shape index (κ1) is 25.9. The number of guanidine groups is 1. The first-order valence-electron chi connectivity index (χ1n) is 9.76. The Morgan fingerprint density at radius 3 is 2.55 bits per heavy atom. The van der Waals surface area contributed by atoms with Crippen LogP contribution in [0.2, 0.25) is 0 Å². The van der Waals surface area contributed by atoms with Crippen LogP contribution in [-0.4, -0.2) is 54.9 Å². The monoisotopic (exact) mass is 576 g/mol. The lowest BCUT2D eigenvalue weighted by Gasteiger charge is -2.25. The van der Waals surface area contributed by atoms with Gasteiger partial charge >= 0.3 is 0 Å². The molecule has 0 fully saturated rings. The SMILES string of the molecule is CCC(CNC(=NC)NCC(c1cnn(C)c1)N(C)C)Cc1cccc(Br)c1.I. The van der Waals surface area contributed by atoms with E-state index in [9.17, 15) is 0 Å². The molecular weight excluding hydrogens is 543 g/mol. The third-order valence-electron chi connectivity index (χ3n) is 4.97. The van der Waals surface area contributed by atoms with E-state index in [-0.39, 0.29) is 30.0 Å². The molecule has 0 amide bonds. The van der Waals surface area contributed by atoms with Gasteiger partial charge in [-0.3, -0.25) is 9.67 Å². The number of rotatable bonds is 9. The highest BCUT2D eigenvalue weighted by molar-refractivity contribution is 14.0. The zero-order valence-corrected chi connectivity index (χ0v) is 21.9. The van der Waals surface area contributed by atoms with Crippen LogP contribution in [0.1, 0.15) is 30.5 Å². The van der Waals surface area contributed by atoms with Gasteiger partial charge in [0.05, 0.1) is 12.2 Å². The number of aromatic nitrogens is 2. The summed E-state index contributed by atoms with van der Waals surface area (Å²) in [6.07, 6.45) is 6.16. The van der Waals surface area contributed by atoms with Crippen molar-refractivity contribution in [2.45, 2.75) is 25.8 Å². The minimum Gasteiger partial charge on any atom is -0.356 e. The number of nitrogens with zero attached hydrogens (tertiary/aromatic N) is 4. The van der Waals surface area contributed by atoms with E-state index in [0.717, 1.165) is 36.4 Å². The van der Waals surface area contributed by atoms with E-state index >= 15 is 0 Å². The van der Waals surface area contributed by atoms with Gasteiger partial charge in [-0.2, -0.15) is 5.10 Å². The minimum atomic E-state index is 0. The summed E-state index contributed by atoms with van der Waals surface area (Å²) in [7, 11) is 7.93. The largest absolute Gasteiger partial charge is 0.356 e. The minimum absolute atomic E-state index is 0. The van der Waals surface area contributed by atoms with Gasteiger partial charge in [0.15, 0.2) is 5.96 Å². The molecule has 0 aliphatic carbocycles. The van der Waals surface area contributed by atoms with Crippen LogP contribution < -0.4 is 10.6 Å². The quantitative estimate of drug-likeness (QED) is 0.271. The molecule has 1 aromatic heterocycles. The van der Waals surface area contributed by atoms with E-state index in [2.05, 4.69) is 93.0 Å².